The molecule has 0 aliphatic carbocycles. The molecule has 0 heterocycles. The summed E-state index contributed by atoms with van der Waals surface area (Å²) < 4.78 is 0. The highest BCUT2D eigenvalue weighted by molar-refractivity contribution is 6.95. The summed E-state index contributed by atoms with van der Waals surface area (Å²) >= 11 is 0. The van der Waals surface area contributed by atoms with Crippen LogP contribution >= 0.6 is 0 Å². The molecule has 0 amide bonds. The molecule has 180 valence electrons. The molecule has 6 aromatic rings. The molecule has 0 unspecified atom stereocenters. The van der Waals surface area contributed by atoms with Crippen molar-refractivity contribution in [1.82, 2.24) is 0 Å². The number of fused-ring (bicyclic) bond motifs is 7. The molecule has 0 aromatic heterocycles. The molecule has 6 aromatic carbocycles. The molecule has 0 spiro atoms. The van der Waals surface area contributed by atoms with Crippen molar-refractivity contribution in [3.8, 4) is 0 Å². The maximum atomic E-state index is 2.54. The highest BCUT2D eigenvalue weighted by Gasteiger charge is 2.44. The van der Waals surface area contributed by atoms with E-state index in [2.05, 4.69) is 133 Å². The second-order valence-corrected chi connectivity index (χ2v) is 17.6. The minimum absolute atomic E-state index is 0.712. The van der Waals surface area contributed by atoms with Crippen molar-refractivity contribution in [2.24, 2.45) is 0 Å². The lowest BCUT2D eigenvalue weighted by molar-refractivity contribution is 0.835. The van der Waals surface area contributed by atoms with Gasteiger partial charge in [-0.3, -0.25) is 0 Å². The van der Waals surface area contributed by atoms with Gasteiger partial charge >= 0.3 is 0 Å². The van der Waals surface area contributed by atoms with Crippen LogP contribution in [0.1, 0.15) is 41.5 Å². The van der Waals surface area contributed by atoms with Crippen molar-refractivity contribution < 1.29 is 0 Å². The third kappa shape index (κ3) is 3.33. The Bertz CT molecular complexity index is 1750. The second-order valence-electron chi connectivity index (χ2n) is 11.7. The lowest BCUT2D eigenvalue weighted by atomic mass is 9.94. The van der Waals surface area contributed by atoms with E-state index in [9.17, 15) is 0 Å². The molecule has 6 rings (SSSR count). The molecule has 0 radical (unpaired) electrons. The largest absolute Gasteiger partial charge is 0.0942 e. The second kappa shape index (κ2) is 8.46. The standard InChI is InChI=1S/C35H36Si/c1-22(2)36(23(3)4,24(5)6)31-14-11-27-21-35-29(18-30(27)19-31)13-16-32-33(35)15-12-28-17-25-9-7-8-10-26(25)20-34(28)32/h7-24H,1-6H3. The molecule has 0 saturated carbocycles. The lowest BCUT2D eigenvalue weighted by Gasteiger charge is -2.43. The summed E-state index contributed by atoms with van der Waals surface area (Å²) in [4.78, 5) is 0. The van der Waals surface area contributed by atoms with Gasteiger partial charge < -0.3 is 0 Å². The SMILES string of the molecule is CC(C)[Si](c1ccc2cc3c(ccc4c5cc6ccccc6cc5ccc34)cc2c1)(C(C)C)C(C)C. The molecule has 0 aliphatic rings. The number of hydrogen-bond acceptors (Lipinski definition) is 0. The van der Waals surface area contributed by atoms with Gasteiger partial charge in [-0.2, -0.15) is 0 Å². The summed E-state index contributed by atoms with van der Waals surface area (Å²) in [6, 6.07) is 34.9. The van der Waals surface area contributed by atoms with Crippen LogP contribution in [-0.2, 0) is 0 Å². The van der Waals surface area contributed by atoms with Crippen molar-refractivity contribution in [1.29, 1.82) is 0 Å². The fourth-order valence-electron chi connectivity index (χ4n) is 7.58. The maximum Gasteiger partial charge on any atom is 0.0942 e. The third-order valence-electron chi connectivity index (χ3n) is 9.02. The first kappa shape index (κ1) is 23.2. The Balaban J connectivity index is 1.59. The van der Waals surface area contributed by atoms with E-state index in [1.165, 1.54) is 53.9 Å². The van der Waals surface area contributed by atoms with E-state index in [0.29, 0.717) is 16.6 Å². The topological polar surface area (TPSA) is 0 Å². The molecule has 0 saturated heterocycles. The highest BCUT2D eigenvalue weighted by Crippen LogP contribution is 2.42. The van der Waals surface area contributed by atoms with Crippen LogP contribution in [0.2, 0.25) is 16.6 Å². The minimum atomic E-state index is -1.69. The molecule has 1 heteroatoms. The molecule has 0 bridgehead atoms. The van der Waals surface area contributed by atoms with Crippen LogP contribution in [0.4, 0.5) is 0 Å². The third-order valence-corrected chi connectivity index (χ3v) is 16.1. The molecule has 0 atom stereocenters. The van der Waals surface area contributed by atoms with E-state index in [0.717, 1.165) is 0 Å². The average Bonchev–Trinajstić information content (AvgIpc) is 2.85. The molecular formula is C35H36Si. The van der Waals surface area contributed by atoms with Crippen molar-refractivity contribution in [3.63, 3.8) is 0 Å². The van der Waals surface area contributed by atoms with E-state index in [1.807, 2.05) is 0 Å². The first-order chi connectivity index (χ1) is 17.3. The van der Waals surface area contributed by atoms with Crippen molar-refractivity contribution in [2.45, 2.75) is 58.2 Å². The molecule has 0 fully saturated rings. The van der Waals surface area contributed by atoms with Gasteiger partial charge in [-0.25, -0.2) is 0 Å². The Labute approximate surface area is 216 Å². The van der Waals surface area contributed by atoms with Crippen LogP contribution in [0.15, 0.2) is 91.0 Å². The minimum Gasteiger partial charge on any atom is -0.0648 e. The van der Waals surface area contributed by atoms with Crippen molar-refractivity contribution in [3.05, 3.63) is 91.0 Å². The lowest BCUT2D eigenvalue weighted by Crippen LogP contribution is -2.55. The van der Waals surface area contributed by atoms with Gasteiger partial charge in [0.1, 0.15) is 0 Å². The Morgan fingerprint density at radius 2 is 0.833 bits per heavy atom. The Morgan fingerprint density at radius 1 is 0.389 bits per heavy atom. The maximum absolute atomic E-state index is 2.54. The van der Waals surface area contributed by atoms with Crippen LogP contribution in [-0.4, -0.2) is 8.07 Å². The first-order valence-electron chi connectivity index (χ1n) is 13.5. The first-order valence-corrected chi connectivity index (χ1v) is 15.8. The summed E-state index contributed by atoms with van der Waals surface area (Å²) in [5.41, 5.74) is 2.14. The highest BCUT2D eigenvalue weighted by atomic mass is 28.3. The Hall–Kier alpha value is -3.16. The number of rotatable bonds is 4. The van der Waals surface area contributed by atoms with Crippen LogP contribution in [0.3, 0.4) is 0 Å². The summed E-state index contributed by atoms with van der Waals surface area (Å²) in [5.74, 6) is 0. The van der Waals surface area contributed by atoms with Crippen LogP contribution < -0.4 is 5.19 Å². The predicted octanol–water partition coefficient (Wildman–Crippen LogP) is 10.3. The van der Waals surface area contributed by atoms with Gasteiger partial charge in [0.25, 0.3) is 0 Å². The zero-order chi connectivity index (χ0) is 25.2. The fraction of sp³-hybridized carbons (Fsp3) is 0.257. The summed E-state index contributed by atoms with van der Waals surface area (Å²) in [7, 11) is -1.69. The van der Waals surface area contributed by atoms with Crippen LogP contribution in [0.25, 0.3) is 53.9 Å². The molecule has 36 heavy (non-hydrogen) atoms. The monoisotopic (exact) mass is 484 g/mol. The van der Waals surface area contributed by atoms with Gasteiger partial charge in [0.15, 0.2) is 0 Å². The van der Waals surface area contributed by atoms with Gasteiger partial charge in [-0.05, 0) is 94.8 Å². The average molecular weight is 485 g/mol. The van der Waals surface area contributed by atoms with E-state index < -0.39 is 8.07 Å². The van der Waals surface area contributed by atoms with Gasteiger partial charge in [0.05, 0.1) is 8.07 Å². The quantitative estimate of drug-likeness (QED) is 0.133. The molecule has 0 nitrogen and oxygen atoms in total. The fourth-order valence-corrected chi connectivity index (χ4v) is 14.4. The molecule has 0 N–H and O–H groups in total. The van der Waals surface area contributed by atoms with Crippen LogP contribution in [0, 0.1) is 0 Å². The predicted molar refractivity (Wildman–Crippen MR) is 165 cm³/mol. The number of benzene rings is 6. The Morgan fingerprint density at radius 3 is 1.36 bits per heavy atom. The molecule has 0 aliphatic heterocycles. The van der Waals surface area contributed by atoms with E-state index in [1.54, 1.807) is 5.19 Å². The zero-order valence-corrected chi connectivity index (χ0v) is 23.4. The van der Waals surface area contributed by atoms with Crippen molar-refractivity contribution >= 4 is 67.1 Å². The van der Waals surface area contributed by atoms with Gasteiger partial charge in [-0.15, -0.1) is 0 Å². The number of hydrogen-bond donors (Lipinski definition) is 0. The summed E-state index contributed by atoms with van der Waals surface area (Å²) in [6.45, 7) is 14.7. The van der Waals surface area contributed by atoms with E-state index in [-0.39, 0.29) is 0 Å². The van der Waals surface area contributed by atoms with Gasteiger partial charge in [-0.1, -0.05) is 113 Å². The molecular weight excluding hydrogens is 448 g/mol. The van der Waals surface area contributed by atoms with E-state index >= 15 is 0 Å². The van der Waals surface area contributed by atoms with E-state index in [4.69, 9.17) is 0 Å². The van der Waals surface area contributed by atoms with Gasteiger partial charge in [0, 0.05) is 0 Å². The van der Waals surface area contributed by atoms with Crippen molar-refractivity contribution in [2.75, 3.05) is 0 Å². The van der Waals surface area contributed by atoms with Gasteiger partial charge in [0.2, 0.25) is 0 Å². The normalized spacial score (nSPS) is 12.9. The smallest absolute Gasteiger partial charge is 0.0648 e. The summed E-state index contributed by atoms with van der Waals surface area (Å²) in [5, 5.41) is 15.0. The Kier molecular flexibility index (Phi) is 5.46. The van der Waals surface area contributed by atoms with Crippen LogP contribution in [0.5, 0.6) is 0 Å². The zero-order valence-electron chi connectivity index (χ0n) is 22.4. The summed E-state index contributed by atoms with van der Waals surface area (Å²) in [6.07, 6.45) is 0.